The van der Waals surface area contributed by atoms with Gasteiger partial charge in [-0.25, -0.2) is 0 Å². The Labute approximate surface area is 160 Å². The summed E-state index contributed by atoms with van der Waals surface area (Å²) in [5.74, 6) is -0.0855. The van der Waals surface area contributed by atoms with E-state index < -0.39 is 0 Å². The zero-order chi connectivity index (χ0) is 18.5. The summed E-state index contributed by atoms with van der Waals surface area (Å²) in [7, 11) is 0. The van der Waals surface area contributed by atoms with Crippen LogP contribution in [0.3, 0.4) is 0 Å². The first-order valence-corrected chi connectivity index (χ1v) is 10.1. The minimum Gasteiger partial charge on any atom is -0.349 e. The number of nitrogens with zero attached hydrogens (tertiary/aromatic N) is 3. The molecule has 6 nitrogen and oxygen atoms in total. The SMILES string of the molecule is O=C(NCC(c1ccccc1)N1CCCC1)c1ccn(C2CCCNC2)n1. The molecular formula is C21H29N5O. The predicted octanol–water partition coefficient (Wildman–Crippen LogP) is 2.37. The molecule has 4 rings (SSSR count). The van der Waals surface area contributed by atoms with Crippen molar-refractivity contribution >= 4 is 5.91 Å². The van der Waals surface area contributed by atoms with Crippen LogP contribution in [0.25, 0.3) is 0 Å². The van der Waals surface area contributed by atoms with Gasteiger partial charge in [0.15, 0.2) is 0 Å². The summed E-state index contributed by atoms with van der Waals surface area (Å²) in [4.78, 5) is 15.1. The fourth-order valence-corrected chi connectivity index (χ4v) is 4.19. The molecule has 0 aliphatic carbocycles. The van der Waals surface area contributed by atoms with Gasteiger partial charge in [-0.05, 0) is 56.9 Å². The number of hydrogen-bond acceptors (Lipinski definition) is 4. The number of nitrogens with one attached hydrogen (secondary N) is 2. The van der Waals surface area contributed by atoms with E-state index in [4.69, 9.17) is 0 Å². The van der Waals surface area contributed by atoms with Gasteiger partial charge in [0.05, 0.1) is 12.1 Å². The van der Waals surface area contributed by atoms with Crippen LogP contribution < -0.4 is 10.6 Å². The zero-order valence-corrected chi connectivity index (χ0v) is 15.8. The van der Waals surface area contributed by atoms with Crippen LogP contribution in [0.2, 0.25) is 0 Å². The molecule has 0 spiro atoms. The average molecular weight is 367 g/mol. The molecule has 2 saturated heterocycles. The molecule has 0 bridgehead atoms. The second kappa shape index (κ2) is 8.67. The third-order valence-corrected chi connectivity index (χ3v) is 5.71. The van der Waals surface area contributed by atoms with E-state index in [0.717, 1.165) is 39.0 Å². The van der Waals surface area contributed by atoms with E-state index in [0.29, 0.717) is 18.3 Å². The number of hydrogen-bond donors (Lipinski definition) is 2. The van der Waals surface area contributed by atoms with Crippen LogP contribution in [-0.2, 0) is 0 Å². The third kappa shape index (κ3) is 4.39. The summed E-state index contributed by atoms with van der Waals surface area (Å²) in [5.41, 5.74) is 1.77. The molecule has 2 unspecified atom stereocenters. The normalized spacial score (nSPS) is 21.9. The monoisotopic (exact) mass is 367 g/mol. The fraction of sp³-hybridized carbons (Fsp3) is 0.524. The Bertz CT molecular complexity index is 732. The molecule has 1 amide bonds. The predicted molar refractivity (Wildman–Crippen MR) is 106 cm³/mol. The van der Waals surface area contributed by atoms with Crippen molar-refractivity contribution in [3.05, 3.63) is 53.9 Å². The third-order valence-electron chi connectivity index (χ3n) is 5.71. The van der Waals surface area contributed by atoms with Gasteiger partial charge in [0, 0.05) is 19.3 Å². The largest absolute Gasteiger partial charge is 0.349 e. The molecule has 2 aliphatic rings. The van der Waals surface area contributed by atoms with E-state index in [-0.39, 0.29) is 11.9 Å². The quantitative estimate of drug-likeness (QED) is 0.823. The molecular weight excluding hydrogens is 338 g/mol. The summed E-state index contributed by atoms with van der Waals surface area (Å²) < 4.78 is 1.94. The van der Waals surface area contributed by atoms with Gasteiger partial charge in [-0.1, -0.05) is 30.3 Å². The minimum atomic E-state index is -0.0855. The molecule has 2 N–H and O–H groups in total. The van der Waals surface area contributed by atoms with Crippen LogP contribution in [-0.4, -0.2) is 53.3 Å². The number of carbonyl (C=O) groups is 1. The fourth-order valence-electron chi connectivity index (χ4n) is 4.19. The maximum atomic E-state index is 12.7. The number of piperidine rings is 1. The summed E-state index contributed by atoms with van der Waals surface area (Å²) >= 11 is 0. The van der Waals surface area contributed by atoms with Crippen molar-refractivity contribution in [1.29, 1.82) is 0 Å². The van der Waals surface area contributed by atoms with Crippen molar-refractivity contribution in [2.75, 3.05) is 32.7 Å². The Morgan fingerprint density at radius 1 is 1.19 bits per heavy atom. The highest BCUT2D eigenvalue weighted by Crippen LogP contribution is 2.24. The summed E-state index contributed by atoms with van der Waals surface area (Å²) in [5, 5.41) is 11.0. The Balaban J connectivity index is 1.40. The van der Waals surface area contributed by atoms with E-state index in [1.54, 1.807) is 0 Å². The zero-order valence-electron chi connectivity index (χ0n) is 15.8. The number of carbonyl (C=O) groups excluding carboxylic acids is 1. The maximum absolute atomic E-state index is 12.7. The second-order valence-electron chi connectivity index (χ2n) is 7.56. The second-order valence-corrected chi connectivity index (χ2v) is 7.56. The first kappa shape index (κ1) is 18.2. The Morgan fingerprint density at radius 3 is 2.74 bits per heavy atom. The molecule has 6 heteroatoms. The number of rotatable bonds is 6. The number of amides is 1. The molecule has 2 fully saturated rings. The molecule has 2 atom stereocenters. The molecule has 2 aliphatic heterocycles. The highest BCUT2D eigenvalue weighted by atomic mass is 16.1. The van der Waals surface area contributed by atoms with Gasteiger partial charge in [-0.3, -0.25) is 14.4 Å². The van der Waals surface area contributed by atoms with Crippen molar-refractivity contribution in [3.8, 4) is 0 Å². The highest BCUT2D eigenvalue weighted by Gasteiger charge is 2.24. The van der Waals surface area contributed by atoms with Crippen molar-refractivity contribution in [2.45, 2.75) is 37.8 Å². The summed E-state index contributed by atoms with van der Waals surface area (Å²) in [6.07, 6.45) is 6.66. The van der Waals surface area contributed by atoms with Gasteiger partial charge in [-0.15, -0.1) is 0 Å². The lowest BCUT2D eigenvalue weighted by molar-refractivity contribution is 0.0931. The average Bonchev–Trinajstić information content (AvgIpc) is 3.42. The molecule has 144 valence electrons. The van der Waals surface area contributed by atoms with Crippen LogP contribution in [0.1, 0.15) is 53.8 Å². The molecule has 1 aromatic carbocycles. The van der Waals surface area contributed by atoms with Gasteiger partial charge in [0.25, 0.3) is 5.91 Å². The lowest BCUT2D eigenvalue weighted by atomic mass is 10.1. The first-order valence-electron chi connectivity index (χ1n) is 10.1. The Kier molecular flexibility index (Phi) is 5.84. The van der Waals surface area contributed by atoms with E-state index in [9.17, 15) is 4.79 Å². The number of benzene rings is 1. The van der Waals surface area contributed by atoms with Gasteiger partial charge >= 0.3 is 0 Å². The lowest BCUT2D eigenvalue weighted by Gasteiger charge is -2.28. The summed E-state index contributed by atoms with van der Waals surface area (Å²) in [6, 6.07) is 12.9. The van der Waals surface area contributed by atoms with Crippen LogP contribution in [0.15, 0.2) is 42.6 Å². The minimum absolute atomic E-state index is 0.0855. The van der Waals surface area contributed by atoms with E-state index in [2.05, 4.69) is 44.9 Å². The molecule has 3 heterocycles. The molecule has 0 radical (unpaired) electrons. The van der Waals surface area contributed by atoms with Gasteiger partial charge in [0.1, 0.15) is 5.69 Å². The number of likely N-dealkylation sites (tertiary alicyclic amines) is 1. The van der Waals surface area contributed by atoms with E-state index in [1.165, 1.54) is 18.4 Å². The van der Waals surface area contributed by atoms with Crippen molar-refractivity contribution in [2.24, 2.45) is 0 Å². The van der Waals surface area contributed by atoms with Crippen LogP contribution in [0, 0.1) is 0 Å². The van der Waals surface area contributed by atoms with Crippen molar-refractivity contribution in [1.82, 2.24) is 25.3 Å². The number of aromatic nitrogens is 2. The van der Waals surface area contributed by atoms with Crippen LogP contribution >= 0.6 is 0 Å². The highest BCUT2D eigenvalue weighted by molar-refractivity contribution is 5.92. The van der Waals surface area contributed by atoms with Gasteiger partial charge in [-0.2, -0.15) is 5.10 Å². The molecule has 1 aromatic heterocycles. The van der Waals surface area contributed by atoms with Gasteiger partial charge in [0.2, 0.25) is 0 Å². The van der Waals surface area contributed by atoms with E-state index in [1.807, 2.05) is 23.0 Å². The first-order chi connectivity index (χ1) is 13.3. The van der Waals surface area contributed by atoms with Crippen molar-refractivity contribution < 1.29 is 4.79 Å². The maximum Gasteiger partial charge on any atom is 0.271 e. The van der Waals surface area contributed by atoms with Crippen LogP contribution in [0.5, 0.6) is 0 Å². The van der Waals surface area contributed by atoms with Gasteiger partial charge < -0.3 is 10.6 Å². The Morgan fingerprint density at radius 2 is 2.00 bits per heavy atom. The summed E-state index contributed by atoms with van der Waals surface area (Å²) in [6.45, 7) is 4.80. The lowest BCUT2D eigenvalue weighted by Crippen LogP contribution is -2.37. The molecule has 0 saturated carbocycles. The Hall–Kier alpha value is -2.18. The van der Waals surface area contributed by atoms with E-state index >= 15 is 0 Å². The van der Waals surface area contributed by atoms with Crippen LogP contribution in [0.4, 0.5) is 0 Å². The molecule has 27 heavy (non-hydrogen) atoms. The standard InChI is InChI=1S/C21H29N5O/c27-21(19-10-14-26(24-19)18-9-6-11-22-15-18)23-16-20(25-12-4-5-13-25)17-7-2-1-3-8-17/h1-3,7-8,10,14,18,20,22H,4-6,9,11-13,15-16H2,(H,23,27). The molecule has 2 aromatic rings. The topological polar surface area (TPSA) is 62.2 Å². The smallest absolute Gasteiger partial charge is 0.271 e. The van der Waals surface area contributed by atoms with Crippen molar-refractivity contribution in [3.63, 3.8) is 0 Å².